The molecule has 0 unspecified atom stereocenters. The maximum atomic E-state index is 13.7. The summed E-state index contributed by atoms with van der Waals surface area (Å²) in [6, 6.07) is 9.67. The zero-order chi connectivity index (χ0) is 17.9. The van der Waals surface area contributed by atoms with Crippen molar-refractivity contribution in [2.45, 2.75) is 25.2 Å². The Kier molecular flexibility index (Phi) is 4.99. The topological polar surface area (TPSA) is 71.2 Å². The van der Waals surface area contributed by atoms with Gasteiger partial charge < -0.3 is 15.0 Å². The molecule has 132 valence electrons. The summed E-state index contributed by atoms with van der Waals surface area (Å²) in [6.07, 6.45) is 1.36. The molecule has 2 heterocycles. The smallest absolute Gasteiger partial charge is 0.260 e. The van der Waals surface area contributed by atoms with Crippen molar-refractivity contribution in [3.63, 3.8) is 0 Å². The molecule has 6 heteroatoms. The molecule has 1 aromatic carbocycles. The van der Waals surface area contributed by atoms with Gasteiger partial charge in [0.1, 0.15) is 11.4 Å². The second-order valence-electron chi connectivity index (χ2n) is 6.47. The molecule has 25 heavy (non-hydrogen) atoms. The fraction of sp³-hybridized carbons (Fsp3) is 0.368. The molecule has 1 aliphatic heterocycles. The van der Waals surface area contributed by atoms with Gasteiger partial charge in [0.2, 0.25) is 0 Å². The van der Waals surface area contributed by atoms with E-state index in [1.165, 1.54) is 18.2 Å². The van der Waals surface area contributed by atoms with Crippen LogP contribution in [0.2, 0.25) is 0 Å². The summed E-state index contributed by atoms with van der Waals surface area (Å²) in [5, 5.41) is 2.85. The number of pyridine rings is 1. The van der Waals surface area contributed by atoms with E-state index in [-0.39, 0.29) is 11.4 Å². The van der Waals surface area contributed by atoms with Gasteiger partial charge in [-0.1, -0.05) is 12.1 Å². The van der Waals surface area contributed by atoms with E-state index < -0.39 is 16.9 Å². The number of ether oxygens (including phenoxy) is 1. The van der Waals surface area contributed by atoms with Crippen molar-refractivity contribution in [1.29, 1.82) is 0 Å². The molecule has 0 aliphatic carbocycles. The van der Waals surface area contributed by atoms with Crippen molar-refractivity contribution in [2.24, 2.45) is 0 Å². The number of carbonyl (C=O) groups is 1. The van der Waals surface area contributed by atoms with Crippen LogP contribution in [0, 0.1) is 12.7 Å². The Labute approximate surface area is 145 Å². The first-order valence-corrected chi connectivity index (χ1v) is 8.32. The molecule has 1 saturated heterocycles. The molecule has 1 fully saturated rings. The molecule has 1 amide bonds. The highest BCUT2D eigenvalue weighted by atomic mass is 19.1. The maximum absolute atomic E-state index is 13.7. The quantitative estimate of drug-likeness (QED) is 0.894. The second-order valence-corrected chi connectivity index (χ2v) is 6.47. The molecule has 0 radical (unpaired) electrons. The van der Waals surface area contributed by atoms with Crippen molar-refractivity contribution in [3.05, 3.63) is 69.4 Å². The molecule has 1 aromatic heterocycles. The molecule has 3 rings (SSSR count). The first kappa shape index (κ1) is 17.4. The summed E-state index contributed by atoms with van der Waals surface area (Å²) >= 11 is 0. The van der Waals surface area contributed by atoms with Crippen LogP contribution in [0.1, 0.15) is 34.5 Å². The van der Waals surface area contributed by atoms with Crippen molar-refractivity contribution in [2.75, 3.05) is 19.8 Å². The largest absolute Gasteiger partial charge is 0.381 e. The molecular formula is C19H21FN2O3. The summed E-state index contributed by atoms with van der Waals surface area (Å²) in [7, 11) is 0. The van der Waals surface area contributed by atoms with E-state index in [2.05, 4.69) is 10.3 Å². The van der Waals surface area contributed by atoms with Gasteiger partial charge in [0.15, 0.2) is 0 Å². The van der Waals surface area contributed by atoms with Crippen molar-refractivity contribution >= 4 is 5.91 Å². The normalized spacial score (nSPS) is 16.4. The van der Waals surface area contributed by atoms with Gasteiger partial charge in [-0.25, -0.2) is 4.39 Å². The average molecular weight is 344 g/mol. The Morgan fingerprint density at radius 3 is 2.72 bits per heavy atom. The summed E-state index contributed by atoms with van der Waals surface area (Å²) in [5.74, 6) is -0.729. The summed E-state index contributed by atoms with van der Waals surface area (Å²) in [4.78, 5) is 27.0. The van der Waals surface area contributed by atoms with Crippen LogP contribution in [-0.2, 0) is 10.2 Å². The average Bonchev–Trinajstić information content (AvgIpc) is 2.60. The van der Waals surface area contributed by atoms with Crippen LogP contribution in [0.5, 0.6) is 0 Å². The monoisotopic (exact) mass is 344 g/mol. The van der Waals surface area contributed by atoms with Crippen molar-refractivity contribution in [3.8, 4) is 0 Å². The first-order valence-electron chi connectivity index (χ1n) is 8.32. The van der Waals surface area contributed by atoms with E-state index >= 15 is 0 Å². The maximum Gasteiger partial charge on any atom is 0.260 e. The van der Waals surface area contributed by atoms with Crippen LogP contribution < -0.4 is 10.9 Å². The lowest BCUT2D eigenvalue weighted by atomic mass is 9.74. The third-order valence-electron chi connectivity index (χ3n) is 4.77. The van der Waals surface area contributed by atoms with Gasteiger partial charge in [0.05, 0.1) is 0 Å². The highest BCUT2D eigenvalue weighted by Gasteiger charge is 2.35. The van der Waals surface area contributed by atoms with E-state index in [9.17, 15) is 14.0 Å². The third kappa shape index (κ3) is 3.79. The van der Waals surface area contributed by atoms with E-state index in [4.69, 9.17) is 4.74 Å². The van der Waals surface area contributed by atoms with Crippen LogP contribution >= 0.6 is 0 Å². The predicted octanol–water partition coefficient (Wildman–Crippen LogP) is 2.30. The minimum Gasteiger partial charge on any atom is -0.381 e. The molecule has 2 N–H and O–H groups in total. The molecule has 0 atom stereocenters. The van der Waals surface area contributed by atoms with Crippen LogP contribution in [0.4, 0.5) is 4.39 Å². The number of aryl methyl sites for hydroxylation is 1. The van der Waals surface area contributed by atoms with E-state index in [0.717, 1.165) is 5.56 Å². The summed E-state index contributed by atoms with van der Waals surface area (Å²) in [5.41, 5.74) is 0.806. The lowest BCUT2D eigenvalue weighted by Gasteiger charge is -2.38. The Morgan fingerprint density at radius 2 is 2.04 bits per heavy atom. The molecule has 0 bridgehead atoms. The number of rotatable bonds is 4. The number of carbonyl (C=O) groups excluding carboxylic acids is 1. The lowest BCUT2D eigenvalue weighted by Crippen LogP contribution is -2.45. The van der Waals surface area contributed by atoms with Crippen LogP contribution in [0.15, 0.2) is 41.2 Å². The lowest BCUT2D eigenvalue weighted by molar-refractivity contribution is 0.0486. The van der Waals surface area contributed by atoms with Gasteiger partial charge in [-0.3, -0.25) is 9.59 Å². The van der Waals surface area contributed by atoms with Gasteiger partial charge >= 0.3 is 0 Å². The second kappa shape index (κ2) is 7.19. The fourth-order valence-corrected chi connectivity index (χ4v) is 3.24. The van der Waals surface area contributed by atoms with Crippen molar-refractivity contribution < 1.29 is 13.9 Å². The van der Waals surface area contributed by atoms with Gasteiger partial charge in [-0.05, 0) is 49.6 Å². The van der Waals surface area contributed by atoms with Gasteiger partial charge in [0.25, 0.3) is 11.5 Å². The van der Waals surface area contributed by atoms with E-state index in [0.29, 0.717) is 38.3 Å². The molecule has 0 spiro atoms. The Hall–Kier alpha value is -2.47. The van der Waals surface area contributed by atoms with Crippen LogP contribution in [0.25, 0.3) is 0 Å². The Bertz CT molecular complexity index is 825. The molecular weight excluding hydrogens is 323 g/mol. The zero-order valence-electron chi connectivity index (χ0n) is 14.1. The third-order valence-corrected chi connectivity index (χ3v) is 4.77. The standard InChI is InChI=1S/C19H21FN2O3/c1-13-5-6-16(18(24)22-13)17(23)21-12-19(7-9-25-10-8-19)14-3-2-4-15(20)11-14/h2-6,11H,7-10,12H2,1H3,(H,21,23)(H,22,24). The van der Waals surface area contributed by atoms with Gasteiger partial charge in [-0.2, -0.15) is 0 Å². The number of benzene rings is 1. The number of nitrogens with one attached hydrogen (secondary N) is 2. The van der Waals surface area contributed by atoms with Crippen molar-refractivity contribution in [1.82, 2.24) is 10.3 Å². The summed E-state index contributed by atoms with van der Waals surface area (Å²) in [6.45, 7) is 3.19. The highest BCUT2D eigenvalue weighted by Crippen LogP contribution is 2.34. The SMILES string of the molecule is Cc1ccc(C(=O)NCC2(c3cccc(F)c3)CCOCC2)c(=O)[nH]1. The number of hydrogen-bond acceptors (Lipinski definition) is 3. The van der Waals surface area contributed by atoms with Crippen LogP contribution in [-0.4, -0.2) is 30.6 Å². The van der Waals surface area contributed by atoms with E-state index in [1.807, 2.05) is 6.07 Å². The Balaban J connectivity index is 1.81. The molecule has 1 aliphatic rings. The Morgan fingerprint density at radius 1 is 1.28 bits per heavy atom. The number of halogens is 1. The van der Waals surface area contributed by atoms with E-state index in [1.54, 1.807) is 19.1 Å². The fourth-order valence-electron chi connectivity index (χ4n) is 3.24. The number of amides is 1. The molecule has 0 saturated carbocycles. The summed E-state index contributed by atoms with van der Waals surface area (Å²) < 4.78 is 19.1. The first-order chi connectivity index (χ1) is 12.0. The minimum atomic E-state index is -0.427. The number of H-pyrrole nitrogens is 1. The molecule has 2 aromatic rings. The molecule has 5 nitrogen and oxygen atoms in total. The highest BCUT2D eigenvalue weighted by molar-refractivity contribution is 5.93. The van der Waals surface area contributed by atoms with Crippen LogP contribution in [0.3, 0.4) is 0 Å². The minimum absolute atomic E-state index is 0.0760. The van der Waals surface area contributed by atoms with Gasteiger partial charge in [0, 0.05) is 30.9 Å². The number of aromatic nitrogens is 1. The number of aromatic amines is 1. The van der Waals surface area contributed by atoms with Gasteiger partial charge in [-0.15, -0.1) is 0 Å². The zero-order valence-corrected chi connectivity index (χ0v) is 14.1. The predicted molar refractivity (Wildman–Crippen MR) is 92.3 cm³/mol. The number of hydrogen-bond donors (Lipinski definition) is 2.